The highest BCUT2D eigenvalue weighted by atomic mass is 32.2. The summed E-state index contributed by atoms with van der Waals surface area (Å²) in [6.45, 7) is -0.250. The van der Waals surface area contributed by atoms with Crippen LogP contribution in [0.1, 0.15) is 19.3 Å². The Labute approximate surface area is 202 Å². The van der Waals surface area contributed by atoms with Crippen molar-refractivity contribution in [2.24, 2.45) is 0 Å². The summed E-state index contributed by atoms with van der Waals surface area (Å²) in [7, 11) is -8.12. The fourth-order valence-corrected chi connectivity index (χ4v) is 7.16. The zero-order chi connectivity index (χ0) is 25.1. The van der Waals surface area contributed by atoms with E-state index in [4.69, 9.17) is 9.90 Å². The van der Waals surface area contributed by atoms with E-state index in [1.165, 1.54) is 24.5 Å². The van der Waals surface area contributed by atoms with Crippen molar-refractivity contribution in [1.29, 1.82) is 0 Å². The van der Waals surface area contributed by atoms with Gasteiger partial charge in [-0.2, -0.15) is 9.44 Å². The number of nitrogens with one attached hydrogen (secondary N) is 2. The summed E-state index contributed by atoms with van der Waals surface area (Å²) in [5.41, 5.74) is -0.651. The van der Waals surface area contributed by atoms with Crippen molar-refractivity contribution < 1.29 is 26.7 Å². The van der Waals surface area contributed by atoms with Gasteiger partial charge in [-0.05, 0) is 43.5 Å². The summed E-state index contributed by atoms with van der Waals surface area (Å²) in [4.78, 5) is 16.8. The maximum absolute atomic E-state index is 13.3. The molecule has 3 N–H and O–H groups in total. The molecule has 1 aliphatic carbocycles. The third-order valence-corrected chi connectivity index (χ3v) is 8.77. The SMILES string of the molecule is O=CO.O=S(=O)(NC1(NS(=O)(=O)c2cccc3cccnc23)CCC1)c1cccc2cccnc12. The van der Waals surface area contributed by atoms with Crippen LogP contribution in [-0.4, -0.2) is 44.0 Å². The lowest BCUT2D eigenvalue weighted by Crippen LogP contribution is -2.64. The molecule has 0 atom stereocenters. The van der Waals surface area contributed by atoms with Crippen molar-refractivity contribution in [3.05, 3.63) is 73.1 Å². The molecule has 2 aromatic carbocycles. The zero-order valence-electron chi connectivity index (χ0n) is 18.3. The van der Waals surface area contributed by atoms with Gasteiger partial charge < -0.3 is 5.11 Å². The number of nitrogens with zero attached hydrogens (tertiary/aromatic N) is 2. The minimum absolute atomic E-state index is 0.00732. The fourth-order valence-electron chi connectivity index (χ4n) is 3.97. The first-order chi connectivity index (χ1) is 16.7. The van der Waals surface area contributed by atoms with Gasteiger partial charge in [-0.1, -0.05) is 36.4 Å². The molecule has 12 heteroatoms. The maximum atomic E-state index is 13.3. The lowest BCUT2D eigenvalue weighted by molar-refractivity contribution is -0.122. The topological polar surface area (TPSA) is 155 Å². The fraction of sp³-hybridized carbons (Fsp3) is 0.174. The molecule has 0 spiro atoms. The van der Waals surface area contributed by atoms with Crippen LogP contribution in [0.5, 0.6) is 0 Å². The highest BCUT2D eigenvalue weighted by Crippen LogP contribution is 2.34. The molecule has 0 unspecified atom stereocenters. The van der Waals surface area contributed by atoms with Crippen LogP contribution in [0.2, 0.25) is 0 Å². The number of carbonyl (C=O) groups is 1. The zero-order valence-corrected chi connectivity index (χ0v) is 20.0. The summed E-state index contributed by atoms with van der Waals surface area (Å²) in [5.74, 6) is 0. The number of rotatable bonds is 6. The van der Waals surface area contributed by atoms with Crippen LogP contribution in [0.3, 0.4) is 0 Å². The second-order valence-corrected chi connectivity index (χ2v) is 11.2. The molecule has 4 aromatic rings. The number of sulfonamides is 2. The van der Waals surface area contributed by atoms with E-state index in [1.807, 2.05) is 0 Å². The largest absolute Gasteiger partial charge is 0.483 e. The van der Waals surface area contributed by atoms with Crippen molar-refractivity contribution in [3.63, 3.8) is 0 Å². The first kappa shape index (κ1) is 24.7. The number of benzene rings is 2. The molecule has 0 amide bonds. The van der Waals surface area contributed by atoms with E-state index in [2.05, 4.69) is 19.4 Å². The standard InChI is InChI=1S/C22H20N4O4S2.CH2O2/c27-31(28,18-10-1-6-16-8-3-14-23-20(16)18)25-22(12-5-13-22)26-32(29,30)19-11-2-7-17-9-4-15-24-21(17)19;2-1-3/h1-4,6-11,14-15,25-26H,5,12-13H2;1H,(H,2,3). The Bertz CT molecular complexity index is 1480. The minimum Gasteiger partial charge on any atom is -0.483 e. The van der Waals surface area contributed by atoms with Gasteiger partial charge in [-0.3, -0.25) is 14.8 Å². The molecule has 1 saturated carbocycles. The number of hydrogen-bond acceptors (Lipinski definition) is 7. The van der Waals surface area contributed by atoms with Crippen LogP contribution in [-0.2, 0) is 24.8 Å². The summed E-state index contributed by atoms with van der Waals surface area (Å²) in [5, 5.41) is 8.25. The Balaban J connectivity index is 0.000000917. The number of para-hydroxylation sites is 2. The maximum Gasteiger partial charge on any atom is 0.290 e. The Kier molecular flexibility index (Phi) is 6.81. The lowest BCUT2D eigenvalue weighted by Gasteiger charge is -2.42. The van der Waals surface area contributed by atoms with E-state index in [1.54, 1.807) is 48.5 Å². The van der Waals surface area contributed by atoms with Crippen LogP contribution in [0, 0.1) is 0 Å². The van der Waals surface area contributed by atoms with Gasteiger partial charge in [-0.15, -0.1) is 0 Å². The number of fused-ring (bicyclic) bond motifs is 2. The van der Waals surface area contributed by atoms with Gasteiger partial charge in [0.2, 0.25) is 20.0 Å². The van der Waals surface area contributed by atoms with Crippen LogP contribution in [0.25, 0.3) is 21.8 Å². The molecule has 2 heterocycles. The second-order valence-electron chi connectivity index (χ2n) is 7.91. The van der Waals surface area contributed by atoms with Crippen molar-refractivity contribution in [2.45, 2.75) is 34.7 Å². The van der Waals surface area contributed by atoms with Crippen LogP contribution < -0.4 is 9.44 Å². The van der Waals surface area contributed by atoms with E-state index in [0.717, 1.165) is 0 Å². The molecule has 1 fully saturated rings. The van der Waals surface area contributed by atoms with Gasteiger partial charge in [0.05, 0.1) is 16.7 Å². The van der Waals surface area contributed by atoms with Crippen molar-refractivity contribution in [2.75, 3.05) is 0 Å². The first-order valence-electron chi connectivity index (χ1n) is 10.5. The predicted molar refractivity (Wildman–Crippen MR) is 129 cm³/mol. The molecule has 2 aromatic heterocycles. The third-order valence-electron chi connectivity index (χ3n) is 5.64. The molecule has 0 saturated heterocycles. The molecular formula is C23H22N4O6S2. The molecule has 5 rings (SSSR count). The highest BCUT2D eigenvalue weighted by Gasteiger charge is 2.44. The monoisotopic (exact) mass is 514 g/mol. The summed E-state index contributed by atoms with van der Waals surface area (Å²) in [6.07, 6.45) is 4.41. The Morgan fingerprint density at radius 3 is 1.51 bits per heavy atom. The third kappa shape index (κ3) is 5.00. The Hall–Kier alpha value is -3.45. The predicted octanol–water partition coefficient (Wildman–Crippen LogP) is 2.62. The van der Waals surface area contributed by atoms with Gasteiger partial charge in [-0.25, -0.2) is 16.8 Å². The number of aromatic nitrogens is 2. The number of pyridine rings is 2. The summed E-state index contributed by atoms with van der Waals surface area (Å²) in [6, 6.07) is 16.8. The van der Waals surface area contributed by atoms with Crippen molar-refractivity contribution in [1.82, 2.24) is 19.4 Å². The molecule has 0 aliphatic heterocycles. The lowest BCUT2D eigenvalue weighted by atomic mass is 9.87. The number of hydrogen-bond donors (Lipinski definition) is 3. The van der Waals surface area contributed by atoms with E-state index < -0.39 is 25.7 Å². The first-order valence-corrected chi connectivity index (χ1v) is 13.5. The number of carboxylic acid groups (broad SMARTS) is 1. The summed E-state index contributed by atoms with van der Waals surface area (Å²) < 4.78 is 58.4. The van der Waals surface area contributed by atoms with E-state index >= 15 is 0 Å². The van der Waals surface area contributed by atoms with Gasteiger partial charge in [0.1, 0.15) is 9.79 Å². The van der Waals surface area contributed by atoms with Crippen molar-refractivity contribution >= 4 is 48.3 Å². The van der Waals surface area contributed by atoms with Crippen LogP contribution in [0.15, 0.2) is 82.8 Å². The minimum atomic E-state index is -4.06. The van der Waals surface area contributed by atoms with Gasteiger partial charge >= 0.3 is 0 Å². The van der Waals surface area contributed by atoms with E-state index in [-0.39, 0.29) is 16.3 Å². The normalized spacial score (nSPS) is 15.1. The molecule has 182 valence electrons. The van der Waals surface area contributed by atoms with Crippen LogP contribution in [0.4, 0.5) is 0 Å². The van der Waals surface area contributed by atoms with Gasteiger partial charge in [0, 0.05) is 23.2 Å². The molecular weight excluding hydrogens is 492 g/mol. The van der Waals surface area contributed by atoms with Crippen LogP contribution >= 0.6 is 0 Å². The average molecular weight is 515 g/mol. The highest BCUT2D eigenvalue weighted by molar-refractivity contribution is 7.90. The second kappa shape index (κ2) is 9.66. The summed E-state index contributed by atoms with van der Waals surface area (Å²) >= 11 is 0. The molecule has 0 bridgehead atoms. The van der Waals surface area contributed by atoms with E-state index in [9.17, 15) is 16.8 Å². The molecule has 35 heavy (non-hydrogen) atoms. The van der Waals surface area contributed by atoms with Gasteiger partial charge in [0.25, 0.3) is 6.47 Å². The van der Waals surface area contributed by atoms with E-state index in [0.29, 0.717) is 41.1 Å². The quantitative estimate of drug-likeness (QED) is 0.262. The average Bonchev–Trinajstić information content (AvgIpc) is 2.82. The molecule has 10 nitrogen and oxygen atoms in total. The molecule has 1 aliphatic rings. The Morgan fingerprint density at radius 2 is 1.14 bits per heavy atom. The van der Waals surface area contributed by atoms with Crippen molar-refractivity contribution in [3.8, 4) is 0 Å². The molecule has 0 radical (unpaired) electrons. The smallest absolute Gasteiger partial charge is 0.290 e. The van der Waals surface area contributed by atoms with Gasteiger partial charge in [0.15, 0.2) is 0 Å². The Morgan fingerprint density at radius 1 is 0.743 bits per heavy atom.